The molecule has 0 radical (unpaired) electrons. The number of nitrogens with zero attached hydrogens (tertiary/aromatic N) is 1. The van der Waals surface area contributed by atoms with E-state index in [1.165, 1.54) is 18.3 Å². The van der Waals surface area contributed by atoms with Crippen molar-refractivity contribution in [3.63, 3.8) is 0 Å². The van der Waals surface area contributed by atoms with E-state index in [1.807, 2.05) is 4.72 Å². The Balaban J connectivity index is 2.91. The molecule has 1 aromatic heterocycles. The third kappa shape index (κ3) is 3.04. The molecule has 0 aromatic carbocycles. The van der Waals surface area contributed by atoms with Gasteiger partial charge in [-0.25, -0.2) is 10.1 Å². The second kappa shape index (κ2) is 3.26. The van der Waals surface area contributed by atoms with E-state index in [-0.39, 0.29) is 5.82 Å². The Morgan fingerprint density at radius 2 is 2.25 bits per heavy atom. The van der Waals surface area contributed by atoms with Crippen LogP contribution in [0.4, 0.5) is 5.82 Å². The Morgan fingerprint density at radius 1 is 1.58 bits per heavy atom. The Morgan fingerprint density at radius 3 is 2.75 bits per heavy atom. The van der Waals surface area contributed by atoms with E-state index in [9.17, 15) is 8.42 Å². The summed E-state index contributed by atoms with van der Waals surface area (Å²) in [7, 11) is -3.77. The molecule has 0 unspecified atom stereocenters. The minimum Gasteiger partial charge on any atom is -0.255 e. The van der Waals surface area contributed by atoms with Crippen LogP contribution in [0.2, 0.25) is 5.02 Å². The Labute approximate surface area is 74.7 Å². The summed E-state index contributed by atoms with van der Waals surface area (Å²) in [6.45, 7) is 0. The fourth-order valence-electron chi connectivity index (χ4n) is 0.606. The van der Waals surface area contributed by atoms with Crippen LogP contribution in [0.1, 0.15) is 0 Å². The van der Waals surface area contributed by atoms with Gasteiger partial charge in [0.2, 0.25) is 0 Å². The predicted octanol–water partition coefficient (Wildman–Crippen LogP) is 0.350. The Kier molecular flexibility index (Phi) is 2.51. The molecule has 0 aliphatic carbocycles. The van der Waals surface area contributed by atoms with Crippen LogP contribution in [0.3, 0.4) is 0 Å². The molecule has 0 amide bonds. The second-order valence-electron chi connectivity index (χ2n) is 2.01. The van der Waals surface area contributed by atoms with E-state index in [4.69, 9.17) is 16.7 Å². The molecule has 3 N–H and O–H groups in total. The van der Waals surface area contributed by atoms with Crippen molar-refractivity contribution in [1.82, 2.24) is 4.98 Å². The van der Waals surface area contributed by atoms with Crippen LogP contribution in [-0.2, 0) is 10.2 Å². The van der Waals surface area contributed by atoms with E-state index < -0.39 is 10.2 Å². The van der Waals surface area contributed by atoms with Crippen LogP contribution in [0.25, 0.3) is 0 Å². The third-order valence-electron chi connectivity index (χ3n) is 0.969. The summed E-state index contributed by atoms with van der Waals surface area (Å²) in [4.78, 5) is 3.67. The summed E-state index contributed by atoms with van der Waals surface area (Å²) >= 11 is 5.56. The highest BCUT2D eigenvalue weighted by molar-refractivity contribution is 7.90. The number of rotatable bonds is 2. The van der Waals surface area contributed by atoms with E-state index in [2.05, 4.69) is 4.98 Å². The van der Waals surface area contributed by atoms with Crippen molar-refractivity contribution in [3.8, 4) is 0 Å². The number of anilines is 1. The lowest BCUT2D eigenvalue weighted by Gasteiger charge is -2.00. The number of aromatic nitrogens is 1. The molecule has 1 aromatic rings. The van der Waals surface area contributed by atoms with Crippen molar-refractivity contribution in [1.29, 1.82) is 0 Å². The highest BCUT2D eigenvalue weighted by Gasteiger charge is 2.02. The summed E-state index contributed by atoms with van der Waals surface area (Å²) in [6.07, 6.45) is 1.37. The lowest BCUT2D eigenvalue weighted by atomic mass is 10.5. The summed E-state index contributed by atoms with van der Waals surface area (Å²) in [5, 5.41) is 5.08. The molecular formula is C5H6ClN3O2S. The molecule has 0 fully saturated rings. The first-order chi connectivity index (χ1) is 5.47. The maximum Gasteiger partial charge on any atom is 0.297 e. The summed E-state index contributed by atoms with van der Waals surface area (Å²) in [6, 6.07) is 2.88. The number of halogens is 1. The van der Waals surface area contributed by atoms with E-state index in [0.717, 1.165) is 0 Å². The van der Waals surface area contributed by atoms with Crippen LogP contribution in [0, 0.1) is 0 Å². The SMILES string of the molecule is NS(=O)(=O)Nc1cc(Cl)ccn1. The molecule has 66 valence electrons. The van der Waals surface area contributed by atoms with Gasteiger partial charge in [0, 0.05) is 17.3 Å². The maximum atomic E-state index is 10.5. The quantitative estimate of drug-likeness (QED) is 0.734. The largest absolute Gasteiger partial charge is 0.297 e. The van der Waals surface area contributed by atoms with Gasteiger partial charge in [-0.3, -0.25) is 4.72 Å². The Bertz CT molecular complexity index is 378. The first-order valence-corrected chi connectivity index (χ1v) is 4.82. The smallest absolute Gasteiger partial charge is 0.255 e. The molecule has 1 heterocycles. The number of hydrogen-bond acceptors (Lipinski definition) is 3. The van der Waals surface area contributed by atoms with Gasteiger partial charge >= 0.3 is 0 Å². The molecule has 0 spiro atoms. The molecule has 12 heavy (non-hydrogen) atoms. The first-order valence-electron chi connectivity index (χ1n) is 2.89. The van der Waals surface area contributed by atoms with Gasteiger partial charge in [-0.05, 0) is 6.07 Å². The van der Waals surface area contributed by atoms with Crippen molar-refractivity contribution in [2.24, 2.45) is 5.14 Å². The van der Waals surface area contributed by atoms with Gasteiger partial charge < -0.3 is 0 Å². The lowest BCUT2D eigenvalue weighted by molar-refractivity contribution is 0.602. The van der Waals surface area contributed by atoms with Gasteiger partial charge in [0.25, 0.3) is 10.2 Å². The lowest BCUT2D eigenvalue weighted by Crippen LogP contribution is -2.22. The number of nitrogens with one attached hydrogen (secondary N) is 1. The zero-order valence-electron chi connectivity index (χ0n) is 5.86. The van der Waals surface area contributed by atoms with E-state index >= 15 is 0 Å². The number of hydrogen-bond donors (Lipinski definition) is 2. The number of nitrogens with two attached hydrogens (primary N) is 1. The van der Waals surface area contributed by atoms with Gasteiger partial charge in [0.1, 0.15) is 5.82 Å². The zero-order chi connectivity index (χ0) is 9.19. The van der Waals surface area contributed by atoms with E-state index in [0.29, 0.717) is 5.02 Å². The summed E-state index contributed by atoms with van der Waals surface area (Å²) in [5.41, 5.74) is 0. The summed E-state index contributed by atoms with van der Waals surface area (Å²) in [5.74, 6) is 0.102. The molecule has 5 nitrogen and oxygen atoms in total. The van der Waals surface area contributed by atoms with Crippen LogP contribution >= 0.6 is 11.6 Å². The van der Waals surface area contributed by atoms with Crippen LogP contribution in [0.15, 0.2) is 18.3 Å². The van der Waals surface area contributed by atoms with Gasteiger partial charge in [-0.1, -0.05) is 11.6 Å². The average Bonchev–Trinajstić information content (AvgIpc) is 1.82. The van der Waals surface area contributed by atoms with Crippen molar-refractivity contribution in [2.75, 3.05) is 4.72 Å². The van der Waals surface area contributed by atoms with Crippen molar-refractivity contribution >= 4 is 27.6 Å². The van der Waals surface area contributed by atoms with Crippen LogP contribution in [0.5, 0.6) is 0 Å². The average molecular weight is 208 g/mol. The number of pyridine rings is 1. The highest BCUT2D eigenvalue weighted by Crippen LogP contribution is 2.11. The molecule has 0 saturated heterocycles. The van der Waals surface area contributed by atoms with Crippen LogP contribution < -0.4 is 9.86 Å². The topological polar surface area (TPSA) is 85.1 Å². The molecule has 0 bridgehead atoms. The minimum absolute atomic E-state index is 0.102. The monoisotopic (exact) mass is 207 g/mol. The van der Waals surface area contributed by atoms with Crippen LogP contribution in [-0.4, -0.2) is 13.4 Å². The fourth-order valence-corrected chi connectivity index (χ4v) is 1.17. The van der Waals surface area contributed by atoms with E-state index in [1.54, 1.807) is 0 Å². The molecule has 0 atom stereocenters. The maximum absolute atomic E-state index is 10.5. The van der Waals surface area contributed by atoms with Crippen molar-refractivity contribution in [3.05, 3.63) is 23.4 Å². The van der Waals surface area contributed by atoms with Gasteiger partial charge in [0.15, 0.2) is 0 Å². The predicted molar refractivity (Wildman–Crippen MR) is 46.0 cm³/mol. The van der Waals surface area contributed by atoms with Gasteiger partial charge in [-0.15, -0.1) is 0 Å². The molecular weight excluding hydrogens is 202 g/mol. The molecule has 7 heteroatoms. The molecule has 0 aliphatic heterocycles. The van der Waals surface area contributed by atoms with Gasteiger partial charge in [-0.2, -0.15) is 8.42 Å². The standard InChI is InChI=1S/C5H6ClN3O2S/c6-4-1-2-8-5(3-4)9-12(7,10)11/h1-3H,(H,8,9)(H2,7,10,11). The first kappa shape index (κ1) is 9.24. The van der Waals surface area contributed by atoms with Crippen molar-refractivity contribution < 1.29 is 8.42 Å². The molecule has 0 saturated carbocycles. The molecule has 0 aliphatic rings. The third-order valence-corrected chi connectivity index (χ3v) is 1.70. The minimum atomic E-state index is -3.77. The van der Waals surface area contributed by atoms with Crippen molar-refractivity contribution in [2.45, 2.75) is 0 Å². The zero-order valence-corrected chi connectivity index (χ0v) is 7.43. The molecule has 1 rings (SSSR count). The highest BCUT2D eigenvalue weighted by atomic mass is 35.5. The Hall–Kier alpha value is -0.850. The van der Waals surface area contributed by atoms with Gasteiger partial charge in [0.05, 0.1) is 0 Å². The second-order valence-corrected chi connectivity index (χ2v) is 3.74. The normalized spacial score (nSPS) is 11.2. The summed E-state index contributed by atoms with van der Waals surface area (Å²) < 4.78 is 23.0. The fraction of sp³-hybridized carbons (Fsp3) is 0.